The van der Waals surface area contributed by atoms with Crippen LogP contribution in [0.2, 0.25) is 0 Å². The molecule has 0 radical (unpaired) electrons. The van der Waals surface area contributed by atoms with E-state index in [2.05, 4.69) is 43.3 Å². The Labute approximate surface area is 98.3 Å². The van der Waals surface area contributed by atoms with Crippen molar-refractivity contribution in [3.8, 4) is 0 Å². The van der Waals surface area contributed by atoms with E-state index in [1.165, 1.54) is 5.56 Å². The van der Waals surface area contributed by atoms with Crippen molar-refractivity contribution in [3.05, 3.63) is 78.4 Å². The molecule has 0 aromatic heterocycles. The molecule has 82 valence electrons. The van der Waals surface area contributed by atoms with E-state index in [4.69, 9.17) is 0 Å². The molecule has 0 fully saturated rings. The first-order valence-corrected chi connectivity index (χ1v) is 5.65. The summed E-state index contributed by atoms with van der Waals surface area (Å²) in [7, 11) is 0. The maximum Gasteiger partial charge on any atom is -0.0260 e. The van der Waals surface area contributed by atoms with E-state index < -0.39 is 0 Å². The SMILES string of the molecule is CC/C=C/c1ccccc1.c1ccccc1. The highest BCUT2D eigenvalue weighted by Gasteiger charge is 1.79. The smallest absolute Gasteiger partial charge is 0.0260 e. The minimum absolute atomic E-state index is 1.11. The Morgan fingerprint density at radius 1 is 0.750 bits per heavy atom. The van der Waals surface area contributed by atoms with Crippen LogP contribution in [-0.2, 0) is 0 Å². The van der Waals surface area contributed by atoms with Gasteiger partial charge in [-0.2, -0.15) is 0 Å². The number of hydrogen-bond donors (Lipinski definition) is 0. The fourth-order valence-electron chi connectivity index (χ4n) is 1.20. The van der Waals surface area contributed by atoms with Gasteiger partial charge < -0.3 is 0 Å². The van der Waals surface area contributed by atoms with Crippen molar-refractivity contribution in [3.63, 3.8) is 0 Å². The average molecular weight is 210 g/mol. The Balaban J connectivity index is 0.000000181. The minimum Gasteiger partial charge on any atom is -0.0842 e. The molecular formula is C16H18. The number of allylic oxidation sites excluding steroid dienone is 1. The third-order valence-corrected chi connectivity index (χ3v) is 2.01. The maximum atomic E-state index is 2.16. The van der Waals surface area contributed by atoms with Gasteiger partial charge in [-0.1, -0.05) is 85.8 Å². The second-order valence-corrected chi connectivity index (χ2v) is 3.38. The molecule has 0 spiro atoms. The molecule has 0 atom stereocenters. The van der Waals surface area contributed by atoms with Crippen molar-refractivity contribution in [2.75, 3.05) is 0 Å². The molecule has 0 saturated heterocycles. The average Bonchev–Trinajstić information content (AvgIpc) is 2.40. The minimum atomic E-state index is 1.11. The van der Waals surface area contributed by atoms with Gasteiger partial charge in [0, 0.05) is 0 Å². The van der Waals surface area contributed by atoms with Crippen LogP contribution >= 0.6 is 0 Å². The lowest BCUT2D eigenvalue weighted by atomic mass is 10.2. The van der Waals surface area contributed by atoms with Crippen molar-refractivity contribution < 1.29 is 0 Å². The van der Waals surface area contributed by atoms with Gasteiger partial charge in [0.25, 0.3) is 0 Å². The molecule has 16 heavy (non-hydrogen) atoms. The summed E-state index contributed by atoms with van der Waals surface area (Å²) in [5, 5.41) is 0. The quantitative estimate of drug-likeness (QED) is 0.668. The van der Waals surface area contributed by atoms with Gasteiger partial charge in [0.2, 0.25) is 0 Å². The number of hydrogen-bond acceptors (Lipinski definition) is 0. The molecule has 0 aliphatic carbocycles. The molecule has 0 heterocycles. The summed E-state index contributed by atoms with van der Waals surface area (Å²) in [5.41, 5.74) is 1.28. The van der Waals surface area contributed by atoms with Gasteiger partial charge in [-0.15, -0.1) is 0 Å². The zero-order chi connectivity index (χ0) is 11.5. The van der Waals surface area contributed by atoms with Crippen LogP contribution in [0.4, 0.5) is 0 Å². The fraction of sp³-hybridized carbons (Fsp3) is 0.125. The first kappa shape index (κ1) is 12.3. The molecular weight excluding hydrogens is 192 g/mol. The normalized spacial score (nSPS) is 9.56. The van der Waals surface area contributed by atoms with Crippen LogP contribution in [0.5, 0.6) is 0 Å². The Hall–Kier alpha value is -1.82. The van der Waals surface area contributed by atoms with Crippen LogP contribution in [0.3, 0.4) is 0 Å². The van der Waals surface area contributed by atoms with Gasteiger partial charge >= 0.3 is 0 Å². The first-order valence-electron chi connectivity index (χ1n) is 5.65. The van der Waals surface area contributed by atoms with Crippen molar-refractivity contribution in [2.45, 2.75) is 13.3 Å². The van der Waals surface area contributed by atoms with E-state index >= 15 is 0 Å². The zero-order valence-corrected chi connectivity index (χ0v) is 9.71. The lowest BCUT2D eigenvalue weighted by Gasteiger charge is -1.88. The van der Waals surface area contributed by atoms with Crippen molar-refractivity contribution in [1.82, 2.24) is 0 Å². The van der Waals surface area contributed by atoms with Crippen LogP contribution in [0, 0.1) is 0 Å². The lowest BCUT2D eigenvalue weighted by Crippen LogP contribution is -1.66. The van der Waals surface area contributed by atoms with Crippen molar-refractivity contribution in [1.29, 1.82) is 0 Å². The summed E-state index contributed by atoms with van der Waals surface area (Å²) in [4.78, 5) is 0. The Bertz CT molecular complexity index is 347. The van der Waals surface area contributed by atoms with Crippen molar-refractivity contribution >= 4 is 6.08 Å². The highest BCUT2D eigenvalue weighted by Crippen LogP contribution is 2.00. The molecule has 0 nitrogen and oxygen atoms in total. The molecule has 0 N–H and O–H groups in total. The number of benzene rings is 2. The standard InChI is InChI=1S/C10H12.C6H6/c1-2-3-7-10-8-5-4-6-9-10;1-2-4-6-5-3-1/h3-9H,2H2,1H3;1-6H/b7-3+;. The van der Waals surface area contributed by atoms with Gasteiger partial charge in [0.1, 0.15) is 0 Å². The predicted octanol–water partition coefficient (Wildman–Crippen LogP) is 4.80. The van der Waals surface area contributed by atoms with Gasteiger partial charge in [0.15, 0.2) is 0 Å². The topological polar surface area (TPSA) is 0 Å². The monoisotopic (exact) mass is 210 g/mol. The molecule has 2 aromatic rings. The van der Waals surface area contributed by atoms with E-state index in [0.717, 1.165) is 6.42 Å². The second-order valence-electron chi connectivity index (χ2n) is 3.38. The maximum absolute atomic E-state index is 2.16. The van der Waals surface area contributed by atoms with Gasteiger partial charge in [-0.25, -0.2) is 0 Å². The van der Waals surface area contributed by atoms with Gasteiger partial charge in [-0.05, 0) is 12.0 Å². The molecule has 0 saturated carbocycles. The second kappa shape index (κ2) is 8.49. The first-order chi connectivity index (χ1) is 7.93. The highest BCUT2D eigenvalue weighted by atomic mass is 13.8. The molecule has 0 aliphatic rings. The fourth-order valence-corrected chi connectivity index (χ4v) is 1.20. The van der Waals surface area contributed by atoms with E-state index in [1.807, 2.05) is 42.5 Å². The molecule has 0 amide bonds. The van der Waals surface area contributed by atoms with Crippen LogP contribution in [0.1, 0.15) is 18.9 Å². The summed E-state index contributed by atoms with van der Waals surface area (Å²) >= 11 is 0. The van der Waals surface area contributed by atoms with Gasteiger partial charge in [0.05, 0.1) is 0 Å². The third-order valence-electron chi connectivity index (χ3n) is 2.01. The van der Waals surface area contributed by atoms with Crippen LogP contribution < -0.4 is 0 Å². The zero-order valence-electron chi connectivity index (χ0n) is 9.71. The van der Waals surface area contributed by atoms with E-state index in [1.54, 1.807) is 0 Å². The summed E-state index contributed by atoms with van der Waals surface area (Å²) in [5.74, 6) is 0. The lowest BCUT2D eigenvalue weighted by molar-refractivity contribution is 1.23. The van der Waals surface area contributed by atoms with E-state index in [9.17, 15) is 0 Å². The summed E-state index contributed by atoms with van der Waals surface area (Å²) in [6.07, 6.45) is 5.41. The predicted molar refractivity (Wildman–Crippen MR) is 72.2 cm³/mol. The van der Waals surface area contributed by atoms with E-state index in [0.29, 0.717) is 0 Å². The summed E-state index contributed by atoms with van der Waals surface area (Å²) in [6, 6.07) is 22.3. The highest BCUT2D eigenvalue weighted by molar-refractivity contribution is 5.48. The molecule has 2 rings (SSSR count). The Morgan fingerprint density at radius 3 is 1.62 bits per heavy atom. The largest absolute Gasteiger partial charge is 0.0842 e. The van der Waals surface area contributed by atoms with Crippen LogP contribution in [0.15, 0.2) is 72.8 Å². The molecule has 0 heteroatoms. The molecule has 2 aromatic carbocycles. The summed E-state index contributed by atoms with van der Waals surface area (Å²) < 4.78 is 0. The van der Waals surface area contributed by atoms with Crippen LogP contribution in [0.25, 0.3) is 6.08 Å². The Kier molecular flexibility index (Phi) is 6.50. The molecule has 0 bridgehead atoms. The van der Waals surface area contributed by atoms with Gasteiger partial charge in [-0.3, -0.25) is 0 Å². The third kappa shape index (κ3) is 5.82. The Morgan fingerprint density at radius 2 is 1.19 bits per heavy atom. The van der Waals surface area contributed by atoms with Crippen LogP contribution in [-0.4, -0.2) is 0 Å². The van der Waals surface area contributed by atoms with Crippen molar-refractivity contribution in [2.24, 2.45) is 0 Å². The summed E-state index contributed by atoms with van der Waals surface area (Å²) in [6.45, 7) is 2.14. The molecule has 0 unspecified atom stereocenters. The molecule has 0 aliphatic heterocycles. The van der Waals surface area contributed by atoms with E-state index in [-0.39, 0.29) is 0 Å². The number of rotatable bonds is 2.